The lowest BCUT2D eigenvalue weighted by atomic mass is 10.2. The van der Waals surface area contributed by atoms with Gasteiger partial charge in [0.15, 0.2) is 4.80 Å². The maximum absolute atomic E-state index is 12.9. The second kappa shape index (κ2) is 9.50. The lowest BCUT2D eigenvalue weighted by molar-refractivity contribution is 0.0998. The van der Waals surface area contributed by atoms with Crippen molar-refractivity contribution in [2.45, 2.75) is 18.4 Å². The number of amides is 1. The largest absolute Gasteiger partial charge is 0.497 e. The van der Waals surface area contributed by atoms with E-state index in [9.17, 15) is 13.2 Å². The van der Waals surface area contributed by atoms with Gasteiger partial charge in [-0.2, -0.15) is 4.99 Å². The van der Waals surface area contributed by atoms with E-state index in [1.165, 1.54) is 36.6 Å². The Morgan fingerprint density at radius 2 is 1.88 bits per heavy atom. The fraction of sp³-hybridized carbons (Fsp3) is 0.130. The van der Waals surface area contributed by atoms with E-state index in [0.29, 0.717) is 17.1 Å². The van der Waals surface area contributed by atoms with Gasteiger partial charge in [-0.3, -0.25) is 9.52 Å². The first kappa shape index (κ1) is 23.2. The average Bonchev–Trinajstić information content (AvgIpc) is 3.14. The number of halogens is 1. The summed E-state index contributed by atoms with van der Waals surface area (Å²) < 4.78 is 37.0. The highest BCUT2D eigenvalue weighted by Gasteiger charge is 2.16. The zero-order chi connectivity index (χ0) is 23.6. The number of thiazole rings is 1. The van der Waals surface area contributed by atoms with E-state index in [0.717, 1.165) is 14.7 Å². The quantitative estimate of drug-likeness (QED) is 0.367. The number of aryl methyl sites for hydroxylation is 1. The van der Waals surface area contributed by atoms with Crippen LogP contribution >= 0.6 is 27.3 Å². The highest BCUT2D eigenvalue weighted by atomic mass is 79.9. The van der Waals surface area contributed by atoms with Gasteiger partial charge in [0.2, 0.25) is 0 Å². The predicted octanol–water partition coefficient (Wildman–Crippen LogP) is 5.04. The predicted molar refractivity (Wildman–Crippen MR) is 133 cm³/mol. The number of methoxy groups -OCH3 is 1. The zero-order valence-corrected chi connectivity index (χ0v) is 21.0. The second-order valence-electron chi connectivity index (χ2n) is 7.02. The van der Waals surface area contributed by atoms with Gasteiger partial charge in [0.05, 0.1) is 22.2 Å². The van der Waals surface area contributed by atoms with E-state index < -0.39 is 15.9 Å². The number of aromatic nitrogens is 1. The number of hydrogen-bond acceptors (Lipinski definition) is 5. The molecule has 1 aromatic heterocycles. The summed E-state index contributed by atoms with van der Waals surface area (Å²) in [7, 11) is -2.32. The Bertz CT molecular complexity index is 1510. The van der Waals surface area contributed by atoms with E-state index in [1.54, 1.807) is 30.3 Å². The molecule has 0 spiro atoms. The molecule has 0 aliphatic rings. The number of ether oxygens (including phenoxy) is 1. The van der Waals surface area contributed by atoms with Crippen LogP contribution in [0.1, 0.15) is 17.3 Å². The zero-order valence-electron chi connectivity index (χ0n) is 17.8. The normalized spacial score (nSPS) is 12.2. The van der Waals surface area contributed by atoms with E-state index in [-0.39, 0.29) is 16.1 Å². The molecule has 0 unspecified atom stereocenters. The fourth-order valence-electron chi connectivity index (χ4n) is 3.27. The van der Waals surface area contributed by atoms with Gasteiger partial charge in [-0.1, -0.05) is 33.3 Å². The number of rotatable bonds is 6. The van der Waals surface area contributed by atoms with Crippen molar-refractivity contribution in [3.63, 3.8) is 0 Å². The molecule has 0 aliphatic heterocycles. The van der Waals surface area contributed by atoms with Gasteiger partial charge < -0.3 is 9.30 Å². The molecule has 33 heavy (non-hydrogen) atoms. The van der Waals surface area contributed by atoms with Crippen molar-refractivity contribution in [3.05, 3.63) is 81.6 Å². The van der Waals surface area contributed by atoms with E-state index in [1.807, 2.05) is 29.7 Å². The van der Waals surface area contributed by atoms with Crippen LogP contribution in [0.2, 0.25) is 0 Å². The van der Waals surface area contributed by atoms with Crippen LogP contribution in [-0.4, -0.2) is 26.0 Å². The molecular formula is C23H20BrN3O4S2. The molecule has 0 saturated carbocycles. The van der Waals surface area contributed by atoms with Crippen LogP contribution in [0.25, 0.3) is 10.2 Å². The van der Waals surface area contributed by atoms with Crippen LogP contribution in [0.15, 0.2) is 81.1 Å². The summed E-state index contributed by atoms with van der Waals surface area (Å²) in [6, 6.07) is 18.3. The number of anilines is 1. The Hall–Kier alpha value is -2.95. The molecule has 0 radical (unpaired) electrons. The monoisotopic (exact) mass is 545 g/mol. The van der Waals surface area contributed by atoms with Crippen molar-refractivity contribution in [2.24, 2.45) is 4.99 Å². The fourth-order valence-corrected chi connectivity index (χ4v) is 5.97. The topological polar surface area (TPSA) is 89.8 Å². The SMILES string of the molecule is CCn1c(=NC(=O)c2cccc(NS(=O)(=O)c3ccc(OC)cc3)c2)sc2cc(Br)ccc21. The van der Waals surface area contributed by atoms with E-state index >= 15 is 0 Å². The van der Waals surface area contributed by atoms with Crippen molar-refractivity contribution in [1.82, 2.24) is 4.57 Å². The lowest BCUT2D eigenvalue weighted by Gasteiger charge is -2.09. The summed E-state index contributed by atoms with van der Waals surface area (Å²) in [5.74, 6) is 0.106. The van der Waals surface area contributed by atoms with Crippen molar-refractivity contribution in [3.8, 4) is 5.75 Å². The Morgan fingerprint density at radius 1 is 1.12 bits per heavy atom. The number of nitrogens with one attached hydrogen (secondary N) is 1. The van der Waals surface area contributed by atoms with Crippen molar-refractivity contribution in [1.29, 1.82) is 0 Å². The summed E-state index contributed by atoms with van der Waals surface area (Å²) in [5, 5.41) is 0. The summed E-state index contributed by atoms with van der Waals surface area (Å²) in [5.41, 5.74) is 1.56. The molecule has 0 fully saturated rings. The third-order valence-corrected chi connectivity index (χ3v) is 7.82. The van der Waals surface area contributed by atoms with Gasteiger partial charge in [0, 0.05) is 22.3 Å². The molecule has 1 N–H and O–H groups in total. The van der Waals surface area contributed by atoms with Crippen LogP contribution < -0.4 is 14.3 Å². The van der Waals surface area contributed by atoms with Crippen LogP contribution in [0.5, 0.6) is 5.75 Å². The number of hydrogen-bond donors (Lipinski definition) is 1. The maximum atomic E-state index is 12.9. The Labute approximate surface area is 203 Å². The average molecular weight is 546 g/mol. The molecule has 1 heterocycles. The molecule has 7 nitrogen and oxygen atoms in total. The van der Waals surface area contributed by atoms with Gasteiger partial charge in [0.25, 0.3) is 15.9 Å². The van der Waals surface area contributed by atoms with Gasteiger partial charge in [0.1, 0.15) is 5.75 Å². The van der Waals surface area contributed by atoms with Gasteiger partial charge >= 0.3 is 0 Å². The number of nitrogens with zero attached hydrogens (tertiary/aromatic N) is 2. The number of sulfonamides is 1. The molecule has 0 aliphatic carbocycles. The highest BCUT2D eigenvalue weighted by Crippen LogP contribution is 2.23. The Balaban J connectivity index is 1.64. The van der Waals surface area contributed by atoms with Crippen LogP contribution in [0.3, 0.4) is 0 Å². The number of fused-ring (bicyclic) bond motifs is 1. The highest BCUT2D eigenvalue weighted by molar-refractivity contribution is 9.10. The van der Waals surface area contributed by atoms with Crippen LogP contribution in [0, 0.1) is 0 Å². The molecule has 4 rings (SSSR count). The second-order valence-corrected chi connectivity index (χ2v) is 10.6. The van der Waals surface area contributed by atoms with Crippen LogP contribution in [-0.2, 0) is 16.6 Å². The third kappa shape index (κ3) is 5.02. The first-order valence-electron chi connectivity index (χ1n) is 9.95. The first-order chi connectivity index (χ1) is 15.8. The summed E-state index contributed by atoms with van der Waals surface area (Å²) in [6.45, 7) is 2.65. The minimum Gasteiger partial charge on any atom is -0.497 e. The minimum atomic E-state index is -3.83. The molecule has 0 bridgehead atoms. The molecule has 3 aromatic carbocycles. The maximum Gasteiger partial charge on any atom is 0.279 e. The molecule has 170 valence electrons. The van der Waals surface area contributed by atoms with Gasteiger partial charge in [-0.15, -0.1) is 0 Å². The number of carbonyl (C=O) groups is 1. The van der Waals surface area contributed by atoms with Gasteiger partial charge in [-0.05, 0) is 67.6 Å². The third-order valence-electron chi connectivity index (χ3n) is 4.89. The Kier molecular flexibility index (Phi) is 6.68. The molecular weight excluding hydrogens is 526 g/mol. The van der Waals surface area contributed by atoms with E-state index in [4.69, 9.17) is 4.74 Å². The van der Waals surface area contributed by atoms with Crippen molar-refractivity contribution >= 4 is 59.1 Å². The molecule has 0 saturated heterocycles. The standard InChI is InChI=1S/C23H20BrN3O4S2/c1-3-27-20-12-7-16(24)14-21(20)32-23(27)25-22(28)15-5-4-6-17(13-15)26-33(29,30)19-10-8-18(31-2)9-11-19/h4-14,26H,3H2,1-2H3. The van der Waals surface area contributed by atoms with Crippen molar-refractivity contribution < 1.29 is 17.9 Å². The first-order valence-corrected chi connectivity index (χ1v) is 13.0. The van der Waals surface area contributed by atoms with Gasteiger partial charge in [-0.25, -0.2) is 8.42 Å². The number of benzene rings is 3. The lowest BCUT2D eigenvalue weighted by Crippen LogP contribution is -2.16. The molecule has 0 atom stereocenters. The van der Waals surface area contributed by atoms with Crippen molar-refractivity contribution in [2.75, 3.05) is 11.8 Å². The number of carbonyl (C=O) groups excluding carboxylic acids is 1. The molecule has 10 heteroatoms. The molecule has 4 aromatic rings. The minimum absolute atomic E-state index is 0.0881. The van der Waals surface area contributed by atoms with Crippen LogP contribution in [0.4, 0.5) is 5.69 Å². The Morgan fingerprint density at radius 3 is 2.58 bits per heavy atom. The van der Waals surface area contributed by atoms with E-state index in [2.05, 4.69) is 25.6 Å². The summed E-state index contributed by atoms with van der Waals surface area (Å²) in [4.78, 5) is 17.9. The summed E-state index contributed by atoms with van der Waals surface area (Å²) >= 11 is 4.89. The molecule has 1 amide bonds. The smallest absolute Gasteiger partial charge is 0.279 e. The summed E-state index contributed by atoms with van der Waals surface area (Å²) in [6.07, 6.45) is 0.